The number of rotatable bonds is 2. The zero-order valence-electron chi connectivity index (χ0n) is 12.1. The van der Waals surface area contributed by atoms with E-state index in [2.05, 4.69) is 0 Å². The average Bonchev–Trinajstić information content (AvgIpc) is 2.38. The minimum Gasteiger partial charge on any atom is -0.381 e. The molecule has 132 valence electrons. The monoisotopic (exact) mass is 367 g/mol. The van der Waals surface area contributed by atoms with E-state index in [-0.39, 0.29) is 43.8 Å². The van der Waals surface area contributed by atoms with Gasteiger partial charge in [-0.2, -0.15) is 13.2 Å². The topological polar surface area (TPSA) is 58.8 Å². The first-order valence-electron chi connectivity index (χ1n) is 6.75. The van der Waals surface area contributed by atoms with E-state index < -0.39 is 18.3 Å². The summed E-state index contributed by atoms with van der Waals surface area (Å²) in [5.74, 6) is -0.160. The van der Waals surface area contributed by atoms with Crippen LogP contribution in [0.25, 0.3) is 0 Å². The number of nitrogens with zero attached hydrogens (tertiary/aromatic N) is 2. The van der Waals surface area contributed by atoms with Gasteiger partial charge in [-0.3, -0.25) is 9.69 Å². The van der Waals surface area contributed by atoms with Gasteiger partial charge in [0.15, 0.2) is 0 Å². The highest BCUT2D eigenvalue weighted by Gasteiger charge is 2.40. The molecule has 0 bridgehead atoms. The van der Waals surface area contributed by atoms with Gasteiger partial charge >= 0.3 is 6.18 Å². The number of nitrogens with two attached hydrogens (primary N) is 1. The SMILES string of the molecule is Cl.Cl.NC1(C(=O)N2CCN(CC(F)(F)F)CC2)CCOCC1. The summed E-state index contributed by atoms with van der Waals surface area (Å²) in [4.78, 5) is 15.3. The largest absolute Gasteiger partial charge is 0.401 e. The molecule has 2 aliphatic heterocycles. The van der Waals surface area contributed by atoms with Gasteiger partial charge in [0.05, 0.1) is 12.1 Å². The van der Waals surface area contributed by atoms with Crippen molar-refractivity contribution in [2.75, 3.05) is 45.9 Å². The normalized spacial score (nSPS) is 22.5. The van der Waals surface area contributed by atoms with Crippen molar-refractivity contribution in [3.63, 3.8) is 0 Å². The Morgan fingerprint density at radius 2 is 1.59 bits per heavy atom. The van der Waals surface area contributed by atoms with Crippen molar-refractivity contribution in [2.24, 2.45) is 5.73 Å². The van der Waals surface area contributed by atoms with Crippen LogP contribution in [0.3, 0.4) is 0 Å². The molecule has 0 saturated carbocycles. The smallest absolute Gasteiger partial charge is 0.381 e. The Bertz CT molecular complexity index is 358. The van der Waals surface area contributed by atoms with Crippen LogP contribution in [0.15, 0.2) is 0 Å². The van der Waals surface area contributed by atoms with Gasteiger partial charge in [0.2, 0.25) is 5.91 Å². The molecule has 5 nitrogen and oxygen atoms in total. The number of alkyl halides is 3. The Morgan fingerprint density at radius 3 is 2.05 bits per heavy atom. The molecule has 0 aromatic carbocycles. The fourth-order valence-electron chi connectivity index (χ4n) is 2.63. The summed E-state index contributed by atoms with van der Waals surface area (Å²) in [5.41, 5.74) is 5.19. The predicted octanol–water partition coefficient (Wildman–Crippen LogP) is 1.04. The van der Waals surface area contributed by atoms with Crippen LogP contribution >= 0.6 is 24.8 Å². The van der Waals surface area contributed by atoms with Crippen LogP contribution < -0.4 is 5.73 Å². The van der Waals surface area contributed by atoms with E-state index >= 15 is 0 Å². The molecule has 0 unspecified atom stereocenters. The third-order valence-electron chi connectivity index (χ3n) is 3.87. The fraction of sp³-hybridized carbons (Fsp3) is 0.917. The van der Waals surface area contributed by atoms with E-state index in [4.69, 9.17) is 10.5 Å². The van der Waals surface area contributed by atoms with Crippen LogP contribution in [-0.4, -0.2) is 73.4 Å². The van der Waals surface area contributed by atoms with Gasteiger partial charge in [0.25, 0.3) is 0 Å². The molecule has 2 heterocycles. The van der Waals surface area contributed by atoms with E-state index in [0.29, 0.717) is 39.1 Å². The Hall–Kier alpha value is -0.280. The zero-order valence-corrected chi connectivity index (χ0v) is 13.7. The first-order chi connectivity index (χ1) is 9.30. The minimum atomic E-state index is -4.19. The van der Waals surface area contributed by atoms with Crippen LogP contribution in [-0.2, 0) is 9.53 Å². The summed E-state index contributed by atoms with van der Waals surface area (Å²) in [5, 5.41) is 0. The molecule has 0 aliphatic carbocycles. The number of hydrogen-bond acceptors (Lipinski definition) is 4. The van der Waals surface area contributed by atoms with Gasteiger partial charge in [-0.25, -0.2) is 0 Å². The van der Waals surface area contributed by atoms with Crippen LogP contribution in [0.5, 0.6) is 0 Å². The maximum Gasteiger partial charge on any atom is 0.401 e. The molecule has 2 fully saturated rings. The van der Waals surface area contributed by atoms with Crippen LogP contribution in [0.1, 0.15) is 12.8 Å². The molecule has 0 aromatic heterocycles. The first-order valence-corrected chi connectivity index (χ1v) is 6.75. The van der Waals surface area contributed by atoms with Gasteiger partial charge in [0.1, 0.15) is 0 Å². The van der Waals surface area contributed by atoms with Gasteiger partial charge in [-0.1, -0.05) is 0 Å². The van der Waals surface area contributed by atoms with Crippen LogP contribution in [0.4, 0.5) is 13.2 Å². The quantitative estimate of drug-likeness (QED) is 0.792. The molecule has 22 heavy (non-hydrogen) atoms. The maximum atomic E-state index is 12.4. The lowest BCUT2D eigenvalue weighted by molar-refractivity contribution is -0.154. The minimum absolute atomic E-state index is 0. The van der Waals surface area contributed by atoms with Gasteiger partial charge in [-0.15, -0.1) is 24.8 Å². The molecular formula is C12H22Cl2F3N3O2. The van der Waals surface area contributed by atoms with Crippen molar-refractivity contribution in [1.29, 1.82) is 0 Å². The fourth-order valence-corrected chi connectivity index (χ4v) is 2.63. The van der Waals surface area contributed by atoms with Crippen molar-refractivity contribution in [3.05, 3.63) is 0 Å². The number of amides is 1. The lowest BCUT2D eigenvalue weighted by Crippen LogP contribution is -2.61. The van der Waals surface area contributed by atoms with Gasteiger partial charge in [0, 0.05) is 39.4 Å². The number of ether oxygens (including phenoxy) is 1. The van der Waals surface area contributed by atoms with E-state index in [9.17, 15) is 18.0 Å². The molecule has 0 radical (unpaired) electrons. The second-order valence-electron chi connectivity index (χ2n) is 5.45. The molecule has 2 saturated heterocycles. The second-order valence-corrected chi connectivity index (χ2v) is 5.45. The zero-order chi connectivity index (χ0) is 14.8. The summed E-state index contributed by atoms with van der Waals surface area (Å²) in [6.07, 6.45) is -3.26. The van der Waals surface area contributed by atoms with Crippen molar-refractivity contribution < 1.29 is 22.7 Å². The molecule has 10 heteroatoms. The lowest BCUT2D eigenvalue weighted by atomic mass is 9.89. The van der Waals surface area contributed by atoms with Crippen LogP contribution in [0, 0.1) is 0 Å². The summed E-state index contributed by atoms with van der Waals surface area (Å²) >= 11 is 0. The van der Waals surface area contributed by atoms with Gasteiger partial charge < -0.3 is 15.4 Å². The van der Waals surface area contributed by atoms with E-state index in [1.54, 1.807) is 4.90 Å². The molecule has 0 aromatic rings. The number of hydrogen-bond donors (Lipinski definition) is 1. The van der Waals surface area contributed by atoms with E-state index in [0.717, 1.165) is 0 Å². The summed E-state index contributed by atoms with van der Waals surface area (Å²) < 4.78 is 42.1. The van der Waals surface area contributed by atoms with Crippen LogP contribution in [0.2, 0.25) is 0 Å². The molecule has 0 atom stereocenters. The average molecular weight is 368 g/mol. The second kappa shape index (κ2) is 8.54. The lowest BCUT2D eigenvalue weighted by Gasteiger charge is -2.41. The molecule has 2 rings (SSSR count). The molecule has 0 spiro atoms. The number of piperazine rings is 1. The van der Waals surface area contributed by atoms with E-state index in [1.807, 2.05) is 0 Å². The standard InChI is InChI=1S/C12H20F3N3O2.2ClH/c13-12(14,15)9-17-3-5-18(6-4-17)10(19)11(16)1-7-20-8-2-11;;/h1-9,16H2;2*1H. The molecule has 2 aliphatic rings. The number of carbonyl (C=O) groups excluding carboxylic acids is 1. The maximum absolute atomic E-state index is 12.4. The highest BCUT2D eigenvalue weighted by molar-refractivity contribution is 5.86. The summed E-state index contributed by atoms with van der Waals surface area (Å²) in [7, 11) is 0. The summed E-state index contributed by atoms with van der Waals surface area (Å²) in [6, 6.07) is 0. The van der Waals surface area contributed by atoms with Crippen molar-refractivity contribution in [3.8, 4) is 0 Å². The third-order valence-corrected chi connectivity index (χ3v) is 3.87. The highest BCUT2D eigenvalue weighted by Crippen LogP contribution is 2.22. The summed E-state index contributed by atoms with van der Waals surface area (Å²) in [6.45, 7) is 1.06. The van der Waals surface area contributed by atoms with Crippen molar-refractivity contribution in [2.45, 2.75) is 24.6 Å². The van der Waals surface area contributed by atoms with Gasteiger partial charge in [-0.05, 0) is 12.8 Å². The predicted molar refractivity (Wildman–Crippen MR) is 80.5 cm³/mol. The Balaban J connectivity index is 0.00000220. The van der Waals surface area contributed by atoms with E-state index in [1.165, 1.54) is 4.90 Å². The van der Waals surface area contributed by atoms with Crippen molar-refractivity contribution >= 4 is 30.7 Å². The highest BCUT2D eigenvalue weighted by atomic mass is 35.5. The molecule has 2 N–H and O–H groups in total. The third kappa shape index (κ3) is 5.73. The Labute approximate surface area is 140 Å². The Kier molecular flexibility index (Phi) is 8.43. The first kappa shape index (κ1) is 21.7. The number of carbonyl (C=O) groups is 1. The number of halogens is 5. The molecule has 1 amide bonds. The Morgan fingerprint density at radius 1 is 1.09 bits per heavy atom. The molecular weight excluding hydrogens is 346 g/mol. The van der Waals surface area contributed by atoms with Crippen molar-refractivity contribution in [1.82, 2.24) is 9.80 Å².